The number of hydrogen-bond acceptors (Lipinski definition) is 4. The van der Waals surface area contributed by atoms with Crippen LogP contribution in [0.15, 0.2) is 24.5 Å². The SMILES string of the molecule is CC(C)(C)OC(=O)N1CCC[C@H](CN(C(=O)C2CC2)c2cccnc2)C1. The largest absolute Gasteiger partial charge is 0.444 e. The summed E-state index contributed by atoms with van der Waals surface area (Å²) in [5.41, 5.74) is 0.354. The molecule has 0 spiro atoms. The molecule has 0 radical (unpaired) electrons. The summed E-state index contributed by atoms with van der Waals surface area (Å²) in [7, 11) is 0. The van der Waals surface area contributed by atoms with E-state index in [1.54, 1.807) is 17.3 Å². The van der Waals surface area contributed by atoms with E-state index in [0.29, 0.717) is 13.1 Å². The quantitative estimate of drug-likeness (QED) is 0.826. The van der Waals surface area contributed by atoms with Crippen molar-refractivity contribution in [2.45, 2.75) is 52.1 Å². The van der Waals surface area contributed by atoms with Crippen LogP contribution >= 0.6 is 0 Å². The Morgan fingerprint density at radius 3 is 2.69 bits per heavy atom. The lowest BCUT2D eigenvalue weighted by atomic mass is 9.97. The van der Waals surface area contributed by atoms with Crippen molar-refractivity contribution in [3.63, 3.8) is 0 Å². The van der Waals surface area contributed by atoms with Crippen LogP contribution in [0.3, 0.4) is 0 Å². The van der Waals surface area contributed by atoms with Crippen LogP contribution < -0.4 is 4.90 Å². The zero-order chi connectivity index (χ0) is 18.7. The lowest BCUT2D eigenvalue weighted by Crippen LogP contribution is -2.47. The van der Waals surface area contributed by atoms with Crippen molar-refractivity contribution in [1.82, 2.24) is 9.88 Å². The van der Waals surface area contributed by atoms with Crippen molar-refractivity contribution < 1.29 is 14.3 Å². The van der Waals surface area contributed by atoms with Gasteiger partial charge in [-0.25, -0.2) is 4.79 Å². The third kappa shape index (κ3) is 4.96. The molecule has 0 N–H and O–H groups in total. The van der Waals surface area contributed by atoms with Crippen LogP contribution in [0.1, 0.15) is 46.5 Å². The van der Waals surface area contributed by atoms with Gasteiger partial charge in [-0.3, -0.25) is 9.78 Å². The van der Waals surface area contributed by atoms with E-state index in [1.165, 1.54) is 0 Å². The summed E-state index contributed by atoms with van der Waals surface area (Å²) in [4.78, 5) is 33.0. The molecular formula is C20H29N3O3. The van der Waals surface area contributed by atoms with E-state index in [9.17, 15) is 9.59 Å². The van der Waals surface area contributed by atoms with Gasteiger partial charge in [-0.15, -0.1) is 0 Å². The maximum Gasteiger partial charge on any atom is 0.410 e. The van der Waals surface area contributed by atoms with E-state index in [0.717, 1.165) is 37.9 Å². The highest BCUT2D eigenvalue weighted by Gasteiger charge is 2.36. The van der Waals surface area contributed by atoms with Gasteiger partial charge in [0.05, 0.1) is 11.9 Å². The number of hydrogen-bond donors (Lipinski definition) is 0. The Morgan fingerprint density at radius 1 is 1.31 bits per heavy atom. The molecule has 1 atom stereocenters. The summed E-state index contributed by atoms with van der Waals surface area (Å²) in [5, 5.41) is 0. The minimum Gasteiger partial charge on any atom is -0.444 e. The van der Waals surface area contributed by atoms with Crippen molar-refractivity contribution >= 4 is 17.7 Å². The van der Waals surface area contributed by atoms with Crippen LogP contribution in [-0.2, 0) is 9.53 Å². The minimum absolute atomic E-state index is 0.153. The summed E-state index contributed by atoms with van der Waals surface area (Å²) in [6.07, 6.45) is 7.09. The summed E-state index contributed by atoms with van der Waals surface area (Å²) in [6, 6.07) is 3.79. The van der Waals surface area contributed by atoms with Gasteiger partial charge in [0.25, 0.3) is 0 Å². The molecule has 1 aliphatic carbocycles. The predicted molar refractivity (Wildman–Crippen MR) is 99.8 cm³/mol. The van der Waals surface area contributed by atoms with Crippen molar-refractivity contribution in [1.29, 1.82) is 0 Å². The van der Waals surface area contributed by atoms with Gasteiger partial charge < -0.3 is 14.5 Å². The first-order chi connectivity index (χ1) is 12.3. The number of amides is 2. The van der Waals surface area contributed by atoms with Gasteiger partial charge in [-0.1, -0.05) is 0 Å². The molecule has 2 fully saturated rings. The van der Waals surface area contributed by atoms with Crippen LogP contribution in [0.5, 0.6) is 0 Å². The van der Waals surface area contributed by atoms with Crippen LogP contribution in [0.2, 0.25) is 0 Å². The van der Waals surface area contributed by atoms with Crippen molar-refractivity contribution in [3.05, 3.63) is 24.5 Å². The number of nitrogens with zero attached hydrogens (tertiary/aromatic N) is 3. The zero-order valence-corrected chi connectivity index (χ0v) is 16.0. The topological polar surface area (TPSA) is 62.7 Å². The summed E-state index contributed by atoms with van der Waals surface area (Å²) < 4.78 is 5.51. The molecule has 2 heterocycles. The van der Waals surface area contributed by atoms with E-state index in [-0.39, 0.29) is 23.8 Å². The van der Waals surface area contributed by atoms with Gasteiger partial charge in [-0.05, 0) is 64.5 Å². The number of ether oxygens (including phenoxy) is 1. The molecular weight excluding hydrogens is 330 g/mol. The molecule has 2 aliphatic rings. The maximum atomic E-state index is 12.8. The first kappa shape index (κ1) is 18.7. The zero-order valence-electron chi connectivity index (χ0n) is 16.0. The maximum absolute atomic E-state index is 12.8. The molecule has 1 saturated heterocycles. The molecule has 1 aliphatic heterocycles. The van der Waals surface area contributed by atoms with E-state index < -0.39 is 5.60 Å². The normalized spacial score (nSPS) is 20.6. The first-order valence-electron chi connectivity index (χ1n) is 9.53. The van der Waals surface area contributed by atoms with E-state index >= 15 is 0 Å². The molecule has 1 aromatic heterocycles. The molecule has 6 heteroatoms. The van der Waals surface area contributed by atoms with Crippen LogP contribution in [0.25, 0.3) is 0 Å². The molecule has 1 saturated carbocycles. The molecule has 3 rings (SSSR count). The average molecular weight is 359 g/mol. The standard InChI is InChI=1S/C20H29N3O3/c1-20(2,3)26-19(25)22-11-5-6-15(13-22)14-23(18(24)16-8-9-16)17-7-4-10-21-12-17/h4,7,10,12,15-16H,5-6,8-9,11,13-14H2,1-3H3/t15-/m0/s1. The molecule has 1 aromatic rings. The van der Waals surface area contributed by atoms with Crippen LogP contribution in [0.4, 0.5) is 10.5 Å². The Kier molecular flexibility index (Phi) is 5.49. The van der Waals surface area contributed by atoms with Crippen molar-refractivity contribution in [3.8, 4) is 0 Å². The summed E-state index contributed by atoms with van der Waals surface area (Å²) >= 11 is 0. The van der Waals surface area contributed by atoms with Gasteiger partial charge in [0.15, 0.2) is 0 Å². The number of carbonyl (C=O) groups is 2. The third-order valence-electron chi connectivity index (χ3n) is 4.76. The fourth-order valence-electron chi connectivity index (χ4n) is 3.35. The molecule has 2 amide bonds. The monoisotopic (exact) mass is 359 g/mol. The molecule has 6 nitrogen and oxygen atoms in total. The van der Waals surface area contributed by atoms with E-state index in [1.807, 2.05) is 37.8 Å². The number of likely N-dealkylation sites (tertiary alicyclic amines) is 1. The third-order valence-corrected chi connectivity index (χ3v) is 4.76. The van der Waals surface area contributed by atoms with Crippen molar-refractivity contribution in [2.75, 3.05) is 24.5 Å². The van der Waals surface area contributed by atoms with Crippen molar-refractivity contribution in [2.24, 2.45) is 11.8 Å². The van der Waals surface area contributed by atoms with E-state index in [2.05, 4.69) is 4.98 Å². The number of pyridine rings is 1. The number of aromatic nitrogens is 1. The molecule has 0 unspecified atom stereocenters. The molecule has 26 heavy (non-hydrogen) atoms. The Hall–Kier alpha value is -2.11. The highest BCUT2D eigenvalue weighted by molar-refractivity contribution is 5.96. The van der Waals surface area contributed by atoms with Gasteiger partial charge in [0.1, 0.15) is 5.60 Å². The molecule has 0 bridgehead atoms. The summed E-state index contributed by atoms with van der Waals surface area (Å²) in [6.45, 7) is 7.61. The lowest BCUT2D eigenvalue weighted by Gasteiger charge is -2.36. The van der Waals surface area contributed by atoms with E-state index in [4.69, 9.17) is 4.74 Å². The predicted octanol–water partition coefficient (Wildman–Crippen LogP) is 3.47. The molecule has 142 valence electrons. The fraction of sp³-hybridized carbons (Fsp3) is 0.650. The van der Waals surface area contributed by atoms with Gasteiger partial charge in [0, 0.05) is 31.7 Å². The van der Waals surface area contributed by atoms with Gasteiger partial charge in [-0.2, -0.15) is 0 Å². The second-order valence-electron chi connectivity index (χ2n) is 8.37. The first-order valence-corrected chi connectivity index (χ1v) is 9.53. The van der Waals surface area contributed by atoms with Gasteiger partial charge >= 0.3 is 6.09 Å². The Labute approximate surface area is 155 Å². The van der Waals surface area contributed by atoms with Gasteiger partial charge in [0.2, 0.25) is 5.91 Å². The minimum atomic E-state index is -0.492. The average Bonchev–Trinajstić information content (AvgIpc) is 3.44. The van der Waals surface area contributed by atoms with Crippen LogP contribution in [-0.4, -0.2) is 47.1 Å². The second kappa shape index (κ2) is 7.64. The molecule has 0 aromatic carbocycles. The fourth-order valence-corrected chi connectivity index (χ4v) is 3.35. The lowest BCUT2D eigenvalue weighted by molar-refractivity contribution is -0.120. The number of rotatable bonds is 4. The number of carbonyl (C=O) groups excluding carboxylic acids is 2. The van der Waals surface area contributed by atoms with Crippen LogP contribution in [0, 0.1) is 11.8 Å². The second-order valence-corrected chi connectivity index (χ2v) is 8.37. The Morgan fingerprint density at radius 2 is 2.08 bits per heavy atom. The number of anilines is 1. The summed E-state index contributed by atoms with van der Waals surface area (Å²) in [5.74, 6) is 0.590. The smallest absolute Gasteiger partial charge is 0.410 e. The highest BCUT2D eigenvalue weighted by atomic mass is 16.6. The number of piperidine rings is 1. The highest BCUT2D eigenvalue weighted by Crippen LogP contribution is 2.33. The Balaban J connectivity index is 1.66. The Bertz CT molecular complexity index is 637.